The molecule has 1 aromatic rings. The number of aromatic nitrogens is 1. The third kappa shape index (κ3) is 3.90. The topological polar surface area (TPSA) is 12.9 Å². The minimum Gasteiger partial charge on any atom is -0.264 e. The highest BCUT2D eigenvalue weighted by Crippen LogP contribution is 2.40. The van der Waals surface area contributed by atoms with Crippen LogP contribution in [0, 0.1) is 5.92 Å². The van der Waals surface area contributed by atoms with Crippen molar-refractivity contribution in [3.8, 4) is 0 Å². The van der Waals surface area contributed by atoms with Gasteiger partial charge in [0.25, 0.3) is 0 Å². The summed E-state index contributed by atoms with van der Waals surface area (Å²) in [6.45, 7) is 6.00. The molecule has 1 heterocycles. The van der Waals surface area contributed by atoms with E-state index in [1.54, 1.807) is 30.2 Å². The number of nitrogens with zero attached hydrogens (tertiary/aromatic N) is 1. The van der Waals surface area contributed by atoms with Crippen LogP contribution in [0.4, 0.5) is 13.2 Å². The molecule has 2 unspecified atom stereocenters. The van der Waals surface area contributed by atoms with Gasteiger partial charge in [0.05, 0.1) is 5.57 Å². The monoisotopic (exact) mass is 313 g/mol. The first-order chi connectivity index (χ1) is 9.79. The molecule has 0 radical (unpaired) electrons. The fraction of sp³-hybridized carbons (Fsp3) is 0.438. The molecule has 1 aliphatic carbocycles. The normalized spacial score (nSPS) is 22.5. The molecule has 0 bridgehead atoms. The fourth-order valence-corrected chi connectivity index (χ4v) is 3.39. The molecule has 1 aromatic heterocycles. The van der Waals surface area contributed by atoms with Crippen molar-refractivity contribution in [1.29, 1.82) is 0 Å². The Kier molecular flexibility index (Phi) is 4.81. The first kappa shape index (κ1) is 16.1. The van der Waals surface area contributed by atoms with Crippen LogP contribution in [0.5, 0.6) is 0 Å². The summed E-state index contributed by atoms with van der Waals surface area (Å²) in [5, 5.41) is 0.400. The lowest BCUT2D eigenvalue weighted by Gasteiger charge is -2.26. The molecule has 1 nitrogen and oxygen atoms in total. The zero-order valence-electron chi connectivity index (χ0n) is 12.2. The third-order valence-corrected chi connectivity index (χ3v) is 4.42. The minimum absolute atomic E-state index is 0.0413. The Morgan fingerprint density at radius 3 is 2.57 bits per heavy atom. The van der Waals surface area contributed by atoms with E-state index < -0.39 is 11.7 Å². The van der Waals surface area contributed by atoms with Crippen LogP contribution in [-0.4, -0.2) is 16.4 Å². The Morgan fingerprint density at radius 1 is 1.29 bits per heavy atom. The zero-order valence-corrected chi connectivity index (χ0v) is 13.0. The number of pyridine rings is 1. The summed E-state index contributed by atoms with van der Waals surface area (Å²) in [5.41, 5.74) is 0.489. The zero-order chi connectivity index (χ0) is 15.6. The largest absolute Gasteiger partial charge is 0.416 e. The van der Waals surface area contributed by atoms with E-state index in [1.165, 1.54) is 12.2 Å². The standard InChI is InChI=1S/C16H18F3NS/c1-10(2)21-15-9-20-7-6-14(15)13-5-4-12(8-11(13)3)16(17,18)19/h4-11,13H,1-3H3. The summed E-state index contributed by atoms with van der Waals surface area (Å²) in [7, 11) is 0. The maximum Gasteiger partial charge on any atom is 0.416 e. The van der Waals surface area contributed by atoms with Gasteiger partial charge in [-0.15, -0.1) is 11.8 Å². The molecule has 0 N–H and O–H groups in total. The quantitative estimate of drug-likeness (QED) is 0.697. The van der Waals surface area contributed by atoms with Crippen molar-refractivity contribution in [3.05, 3.63) is 47.8 Å². The van der Waals surface area contributed by atoms with Crippen LogP contribution in [0.3, 0.4) is 0 Å². The fourth-order valence-electron chi connectivity index (χ4n) is 2.42. The lowest BCUT2D eigenvalue weighted by Crippen LogP contribution is -2.18. The molecule has 0 amide bonds. The molecular formula is C16H18F3NS. The van der Waals surface area contributed by atoms with Crippen LogP contribution < -0.4 is 0 Å². The average Bonchev–Trinajstić information content (AvgIpc) is 2.38. The van der Waals surface area contributed by atoms with E-state index in [1.807, 2.05) is 13.0 Å². The molecule has 0 saturated carbocycles. The van der Waals surface area contributed by atoms with Gasteiger partial charge in [0.15, 0.2) is 0 Å². The molecule has 0 aromatic carbocycles. The van der Waals surface area contributed by atoms with Crippen molar-refractivity contribution in [2.24, 2.45) is 5.92 Å². The van der Waals surface area contributed by atoms with E-state index in [0.29, 0.717) is 5.25 Å². The van der Waals surface area contributed by atoms with Gasteiger partial charge in [-0.05, 0) is 17.5 Å². The molecule has 1 aliphatic rings. The van der Waals surface area contributed by atoms with Gasteiger partial charge in [0.1, 0.15) is 0 Å². The van der Waals surface area contributed by atoms with E-state index in [2.05, 4.69) is 18.8 Å². The van der Waals surface area contributed by atoms with Gasteiger partial charge in [-0.25, -0.2) is 0 Å². The maximum absolute atomic E-state index is 12.8. The first-order valence-electron chi connectivity index (χ1n) is 6.87. The van der Waals surface area contributed by atoms with E-state index in [0.717, 1.165) is 10.5 Å². The van der Waals surface area contributed by atoms with Crippen LogP contribution in [0.15, 0.2) is 47.2 Å². The van der Waals surface area contributed by atoms with E-state index in [-0.39, 0.29) is 11.8 Å². The number of thioether (sulfide) groups is 1. The predicted octanol–water partition coefficient (Wildman–Crippen LogP) is 5.36. The molecule has 2 rings (SSSR count). The highest BCUT2D eigenvalue weighted by molar-refractivity contribution is 8.00. The van der Waals surface area contributed by atoms with Crippen LogP contribution in [0.1, 0.15) is 32.3 Å². The van der Waals surface area contributed by atoms with Gasteiger partial charge in [0.2, 0.25) is 0 Å². The number of rotatable bonds is 3. The predicted molar refractivity (Wildman–Crippen MR) is 80.4 cm³/mol. The van der Waals surface area contributed by atoms with Crippen LogP contribution in [0.25, 0.3) is 0 Å². The minimum atomic E-state index is -4.27. The van der Waals surface area contributed by atoms with Gasteiger partial charge in [-0.3, -0.25) is 4.98 Å². The van der Waals surface area contributed by atoms with Crippen molar-refractivity contribution in [2.75, 3.05) is 0 Å². The highest BCUT2D eigenvalue weighted by Gasteiger charge is 2.35. The Labute approximate surface area is 127 Å². The molecule has 0 saturated heterocycles. The molecule has 0 fully saturated rings. The SMILES string of the molecule is CC(C)Sc1cnccc1C1C=CC(C(F)(F)F)=CC1C. The second-order valence-electron chi connectivity index (χ2n) is 5.44. The molecule has 5 heteroatoms. The van der Waals surface area contributed by atoms with E-state index in [9.17, 15) is 13.2 Å². The van der Waals surface area contributed by atoms with Crippen molar-refractivity contribution in [3.63, 3.8) is 0 Å². The first-order valence-corrected chi connectivity index (χ1v) is 7.74. The van der Waals surface area contributed by atoms with Gasteiger partial charge in [-0.2, -0.15) is 13.2 Å². The van der Waals surface area contributed by atoms with Crippen LogP contribution in [-0.2, 0) is 0 Å². The van der Waals surface area contributed by atoms with Crippen molar-refractivity contribution in [1.82, 2.24) is 4.98 Å². The third-order valence-electron chi connectivity index (χ3n) is 3.36. The number of hydrogen-bond donors (Lipinski definition) is 0. The Bertz CT molecular complexity index is 561. The lowest BCUT2D eigenvalue weighted by atomic mass is 9.82. The smallest absolute Gasteiger partial charge is 0.264 e. The number of alkyl halides is 3. The second-order valence-corrected chi connectivity index (χ2v) is 7.06. The number of hydrogen-bond acceptors (Lipinski definition) is 2. The van der Waals surface area contributed by atoms with Crippen molar-refractivity contribution in [2.45, 2.75) is 43.0 Å². The highest BCUT2D eigenvalue weighted by atomic mass is 32.2. The van der Waals surface area contributed by atoms with Crippen LogP contribution >= 0.6 is 11.8 Å². The Hall–Kier alpha value is -1.23. The summed E-state index contributed by atoms with van der Waals surface area (Å²) < 4.78 is 38.3. The molecule has 114 valence electrons. The van der Waals surface area contributed by atoms with E-state index >= 15 is 0 Å². The van der Waals surface area contributed by atoms with Crippen molar-refractivity contribution >= 4 is 11.8 Å². The van der Waals surface area contributed by atoms with Gasteiger partial charge < -0.3 is 0 Å². The summed E-state index contributed by atoms with van der Waals surface area (Å²) in [5.74, 6) is -0.235. The summed E-state index contributed by atoms with van der Waals surface area (Å²) in [4.78, 5) is 5.17. The summed E-state index contributed by atoms with van der Waals surface area (Å²) in [6, 6.07) is 1.91. The molecule has 0 aliphatic heterocycles. The number of allylic oxidation sites excluding steroid dienone is 4. The molecule has 21 heavy (non-hydrogen) atoms. The Balaban J connectivity index is 2.30. The van der Waals surface area contributed by atoms with E-state index in [4.69, 9.17) is 0 Å². The van der Waals surface area contributed by atoms with Crippen molar-refractivity contribution < 1.29 is 13.2 Å². The average molecular weight is 313 g/mol. The Morgan fingerprint density at radius 2 is 2.00 bits per heavy atom. The van der Waals surface area contributed by atoms with Crippen LogP contribution in [0.2, 0.25) is 0 Å². The lowest BCUT2D eigenvalue weighted by molar-refractivity contribution is -0.0889. The van der Waals surface area contributed by atoms with Gasteiger partial charge in [0, 0.05) is 28.5 Å². The number of halogens is 3. The molecule has 0 spiro atoms. The maximum atomic E-state index is 12.8. The summed E-state index contributed by atoms with van der Waals surface area (Å²) >= 11 is 1.69. The molecular weight excluding hydrogens is 295 g/mol. The van der Waals surface area contributed by atoms with Gasteiger partial charge in [-0.1, -0.05) is 39.0 Å². The summed E-state index contributed by atoms with van der Waals surface area (Å²) in [6.07, 6.45) is 3.38. The second kappa shape index (κ2) is 6.26. The van der Waals surface area contributed by atoms with Gasteiger partial charge >= 0.3 is 6.18 Å². The molecule has 2 atom stereocenters.